The van der Waals surface area contributed by atoms with E-state index in [4.69, 9.17) is 4.74 Å². The molecule has 4 aliphatic rings. The molecule has 4 nitrogen and oxygen atoms in total. The van der Waals surface area contributed by atoms with Crippen LogP contribution in [-0.2, 0) is 9.59 Å². The molecular weight excluding hydrogens is 398 g/mol. The van der Waals surface area contributed by atoms with Crippen LogP contribution in [0.15, 0.2) is 66.7 Å². The number of imide groups is 1. The van der Waals surface area contributed by atoms with Gasteiger partial charge < -0.3 is 4.74 Å². The largest absolute Gasteiger partial charge is 0.491 e. The van der Waals surface area contributed by atoms with Crippen molar-refractivity contribution in [3.05, 3.63) is 94.5 Å². The fourth-order valence-electron chi connectivity index (χ4n) is 6.06. The van der Waals surface area contributed by atoms with E-state index in [0.717, 1.165) is 6.42 Å². The minimum atomic E-state index is -0.379. The molecule has 7 rings (SSSR count). The Morgan fingerprint density at radius 3 is 2.06 bits per heavy atom. The lowest BCUT2D eigenvalue weighted by atomic mass is 9.55. The molecule has 32 heavy (non-hydrogen) atoms. The van der Waals surface area contributed by atoms with Crippen LogP contribution in [0.25, 0.3) is 0 Å². The first-order valence-corrected chi connectivity index (χ1v) is 11.4. The van der Waals surface area contributed by atoms with Gasteiger partial charge in [0.05, 0.1) is 24.1 Å². The summed E-state index contributed by atoms with van der Waals surface area (Å²) in [6.07, 6.45) is 0.857. The molecule has 2 bridgehead atoms. The van der Waals surface area contributed by atoms with Gasteiger partial charge in [0.25, 0.3) is 0 Å². The topological polar surface area (TPSA) is 46.6 Å². The first kappa shape index (κ1) is 19.3. The van der Waals surface area contributed by atoms with Gasteiger partial charge in [-0.15, -0.1) is 0 Å². The molecule has 0 saturated carbocycles. The van der Waals surface area contributed by atoms with Gasteiger partial charge in [-0.1, -0.05) is 67.1 Å². The zero-order chi connectivity index (χ0) is 22.0. The molecule has 1 heterocycles. The number of hydrogen-bond donors (Lipinski definition) is 0. The van der Waals surface area contributed by atoms with E-state index in [2.05, 4.69) is 37.3 Å². The van der Waals surface area contributed by atoms with Gasteiger partial charge in [-0.2, -0.15) is 0 Å². The minimum Gasteiger partial charge on any atom is -0.491 e. The summed E-state index contributed by atoms with van der Waals surface area (Å²) in [5, 5.41) is 0. The van der Waals surface area contributed by atoms with E-state index in [-0.39, 0.29) is 35.5 Å². The second kappa shape index (κ2) is 7.06. The molecule has 0 N–H and O–H groups in total. The van der Waals surface area contributed by atoms with Crippen LogP contribution in [0.3, 0.4) is 0 Å². The molecule has 3 aromatic carbocycles. The number of carbonyl (C=O) groups excluding carboxylic acids is 2. The fraction of sp³-hybridized carbons (Fsp3) is 0.286. The average molecular weight is 424 g/mol. The van der Waals surface area contributed by atoms with Gasteiger partial charge in [-0.05, 0) is 47.7 Å². The van der Waals surface area contributed by atoms with Crippen molar-refractivity contribution in [1.29, 1.82) is 0 Å². The fourth-order valence-corrected chi connectivity index (χ4v) is 6.06. The molecule has 0 aromatic heterocycles. The van der Waals surface area contributed by atoms with Crippen LogP contribution < -0.4 is 9.64 Å². The molecule has 1 fully saturated rings. The summed E-state index contributed by atoms with van der Waals surface area (Å²) in [6, 6.07) is 22.2. The average Bonchev–Trinajstić information content (AvgIpc) is 3.08. The van der Waals surface area contributed by atoms with Crippen molar-refractivity contribution >= 4 is 17.5 Å². The molecule has 3 aromatic rings. The maximum atomic E-state index is 13.9. The molecule has 0 spiro atoms. The van der Waals surface area contributed by atoms with Crippen molar-refractivity contribution in [3.8, 4) is 5.75 Å². The molecule has 2 amide bonds. The summed E-state index contributed by atoms with van der Waals surface area (Å²) in [5.41, 5.74) is 6.52. The molecular formula is C28H25NO3. The van der Waals surface area contributed by atoms with E-state index < -0.39 is 0 Å². The SMILES string of the molecule is CCCOc1ccccc1N1C(=O)[C@@H]2[C@@H]3c4ccccc4[C@H](c4cc(C)ccc43)[C@H]2C1=O. The molecule has 4 heteroatoms. The Kier molecular flexibility index (Phi) is 4.26. The van der Waals surface area contributed by atoms with Crippen molar-refractivity contribution in [3.63, 3.8) is 0 Å². The Balaban J connectivity index is 1.52. The number of aryl methyl sites for hydroxylation is 1. The van der Waals surface area contributed by atoms with E-state index in [1.807, 2.05) is 43.3 Å². The van der Waals surface area contributed by atoms with Crippen molar-refractivity contribution in [2.45, 2.75) is 32.1 Å². The molecule has 1 aliphatic heterocycles. The molecule has 0 radical (unpaired) electrons. The molecule has 1 saturated heterocycles. The summed E-state index contributed by atoms with van der Waals surface area (Å²) in [5.74, 6) is -0.573. The normalized spacial score (nSPS) is 24.9. The van der Waals surface area contributed by atoms with E-state index in [1.165, 1.54) is 32.7 Å². The highest BCUT2D eigenvalue weighted by Crippen LogP contribution is 2.61. The molecule has 3 aliphatic carbocycles. The zero-order valence-corrected chi connectivity index (χ0v) is 18.2. The third-order valence-corrected chi connectivity index (χ3v) is 7.26. The smallest absolute Gasteiger partial charge is 0.238 e. The van der Waals surface area contributed by atoms with E-state index >= 15 is 0 Å². The second-order valence-corrected chi connectivity index (χ2v) is 9.10. The number of anilines is 1. The predicted molar refractivity (Wildman–Crippen MR) is 123 cm³/mol. The zero-order valence-electron chi connectivity index (χ0n) is 18.2. The van der Waals surface area contributed by atoms with Crippen molar-refractivity contribution in [2.75, 3.05) is 11.5 Å². The summed E-state index contributed by atoms with van der Waals surface area (Å²) < 4.78 is 5.91. The van der Waals surface area contributed by atoms with Crippen LogP contribution in [-0.4, -0.2) is 18.4 Å². The quantitative estimate of drug-likeness (QED) is 0.543. The van der Waals surface area contributed by atoms with Crippen LogP contribution >= 0.6 is 0 Å². The third kappa shape index (κ3) is 2.49. The maximum Gasteiger partial charge on any atom is 0.238 e. The van der Waals surface area contributed by atoms with E-state index in [1.54, 1.807) is 0 Å². The maximum absolute atomic E-state index is 13.9. The summed E-state index contributed by atoms with van der Waals surface area (Å²) in [4.78, 5) is 29.2. The predicted octanol–water partition coefficient (Wildman–Crippen LogP) is 5.18. The number of para-hydroxylation sites is 2. The minimum absolute atomic E-state index is 0.0954. The van der Waals surface area contributed by atoms with Crippen LogP contribution in [0, 0.1) is 18.8 Å². The van der Waals surface area contributed by atoms with Crippen molar-refractivity contribution in [1.82, 2.24) is 0 Å². The Hall–Kier alpha value is -3.40. The van der Waals surface area contributed by atoms with Gasteiger partial charge >= 0.3 is 0 Å². The van der Waals surface area contributed by atoms with E-state index in [9.17, 15) is 9.59 Å². The van der Waals surface area contributed by atoms with Crippen molar-refractivity contribution in [2.24, 2.45) is 11.8 Å². The van der Waals surface area contributed by atoms with E-state index in [0.29, 0.717) is 18.0 Å². The number of amides is 2. The van der Waals surface area contributed by atoms with Crippen LogP contribution in [0.4, 0.5) is 5.69 Å². The highest BCUT2D eigenvalue weighted by Gasteiger charge is 2.62. The lowest BCUT2D eigenvalue weighted by Crippen LogP contribution is -2.41. The number of rotatable bonds is 4. The van der Waals surface area contributed by atoms with Gasteiger partial charge in [-0.3, -0.25) is 9.59 Å². The molecule has 4 atom stereocenters. The Bertz CT molecular complexity index is 1260. The van der Waals surface area contributed by atoms with Crippen LogP contribution in [0.1, 0.15) is 53.0 Å². The van der Waals surface area contributed by atoms with Gasteiger partial charge in [0.1, 0.15) is 5.75 Å². The second-order valence-electron chi connectivity index (χ2n) is 9.10. The Morgan fingerprint density at radius 2 is 1.38 bits per heavy atom. The Labute approximate surface area is 187 Å². The molecule has 0 unspecified atom stereocenters. The monoisotopic (exact) mass is 423 g/mol. The number of benzene rings is 3. The first-order valence-electron chi connectivity index (χ1n) is 11.4. The number of carbonyl (C=O) groups is 2. The van der Waals surface area contributed by atoms with Gasteiger partial charge in [0, 0.05) is 11.8 Å². The summed E-state index contributed by atoms with van der Waals surface area (Å²) in [7, 11) is 0. The number of nitrogens with zero attached hydrogens (tertiary/aromatic N) is 1. The standard InChI is InChI=1S/C28H25NO3/c1-3-14-32-22-11-7-6-10-21(22)29-27(30)25-23-17-8-4-5-9-18(17)24(26(25)28(29)31)20-15-16(2)12-13-19(20)23/h4-13,15,23-26H,3,14H2,1-2H3/t23-,24-,25-,26-/m1/s1. The van der Waals surface area contributed by atoms with Gasteiger partial charge in [-0.25, -0.2) is 4.90 Å². The third-order valence-electron chi connectivity index (χ3n) is 7.26. The molecule has 160 valence electrons. The summed E-state index contributed by atoms with van der Waals surface area (Å²) >= 11 is 0. The number of hydrogen-bond acceptors (Lipinski definition) is 3. The van der Waals surface area contributed by atoms with Crippen LogP contribution in [0.5, 0.6) is 5.75 Å². The lowest BCUT2D eigenvalue weighted by molar-refractivity contribution is -0.122. The van der Waals surface area contributed by atoms with Crippen molar-refractivity contribution < 1.29 is 14.3 Å². The van der Waals surface area contributed by atoms with Gasteiger partial charge in [0.2, 0.25) is 11.8 Å². The Morgan fingerprint density at radius 1 is 0.781 bits per heavy atom. The first-order chi connectivity index (χ1) is 15.6. The van der Waals surface area contributed by atoms with Gasteiger partial charge in [0.15, 0.2) is 0 Å². The highest BCUT2D eigenvalue weighted by molar-refractivity contribution is 6.24. The highest BCUT2D eigenvalue weighted by atomic mass is 16.5. The summed E-state index contributed by atoms with van der Waals surface area (Å²) in [6.45, 7) is 4.67. The lowest BCUT2D eigenvalue weighted by Gasteiger charge is -2.46. The number of ether oxygens (including phenoxy) is 1. The van der Waals surface area contributed by atoms with Crippen LogP contribution in [0.2, 0.25) is 0 Å².